The van der Waals surface area contributed by atoms with Crippen LogP contribution in [0.4, 0.5) is 0 Å². The number of hydrogen-bond donors (Lipinski definition) is 1. The van der Waals surface area contributed by atoms with Crippen LogP contribution in [0.25, 0.3) is 0 Å². The zero-order valence-corrected chi connectivity index (χ0v) is 16.8. The van der Waals surface area contributed by atoms with Gasteiger partial charge in [-0.2, -0.15) is 0 Å². The highest BCUT2D eigenvalue weighted by molar-refractivity contribution is 5.94. The van der Waals surface area contributed by atoms with Gasteiger partial charge in [0.15, 0.2) is 0 Å². The topological polar surface area (TPSA) is 64.6 Å². The molecule has 2 aliphatic rings. The Morgan fingerprint density at radius 2 is 1.70 bits per heavy atom. The number of carbonyl (C=O) groups is 2. The zero-order chi connectivity index (χ0) is 19.8. The quantitative estimate of drug-likeness (QED) is 0.801. The largest absolute Gasteiger partial charge is 0.466 e. The van der Waals surface area contributed by atoms with Gasteiger partial charge >= 0.3 is 11.9 Å². The molecule has 0 saturated carbocycles. The van der Waals surface area contributed by atoms with E-state index in [0.717, 1.165) is 17.7 Å². The molecule has 0 fully saturated rings. The summed E-state index contributed by atoms with van der Waals surface area (Å²) in [5.74, 6) is -1.35. The van der Waals surface area contributed by atoms with Crippen LogP contribution in [0.15, 0.2) is 35.5 Å². The third-order valence-electron chi connectivity index (χ3n) is 6.03. The van der Waals surface area contributed by atoms with Crippen molar-refractivity contribution in [2.45, 2.75) is 58.4 Å². The Morgan fingerprint density at radius 1 is 1.07 bits per heavy atom. The first kappa shape index (κ1) is 19.5. The highest BCUT2D eigenvalue weighted by atomic mass is 16.5. The first-order valence-electron chi connectivity index (χ1n) is 9.82. The predicted octanol–water partition coefficient (Wildman–Crippen LogP) is 3.66. The van der Waals surface area contributed by atoms with Crippen LogP contribution in [0.2, 0.25) is 0 Å². The minimum absolute atomic E-state index is 0.137. The second-order valence-electron chi connectivity index (χ2n) is 7.46. The summed E-state index contributed by atoms with van der Waals surface area (Å²) in [6.07, 6.45) is 0.880. The smallest absolute Gasteiger partial charge is 0.336 e. The Labute approximate surface area is 161 Å². The SMILES string of the molecule is CCOC(=O)C1=C(C)NC2(C)C(CC)c3ccccc3C1C2C(=O)OCC. The minimum Gasteiger partial charge on any atom is -0.466 e. The number of carbonyl (C=O) groups excluding carboxylic acids is 2. The van der Waals surface area contributed by atoms with Crippen LogP contribution < -0.4 is 5.32 Å². The zero-order valence-electron chi connectivity index (χ0n) is 16.8. The predicted molar refractivity (Wildman–Crippen MR) is 103 cm³/mol. The fourth-order valence-corrected chi connectivity index (χ4v) is 5.11. The van der Waals surface area contributed by atoms with E-state index in [-0.39, 0.29) is 23.8 Å². The van der Waals surface area contributed by atoms with Crippen LogP contribution in [-0.2, 0) is 19.1 Å². The standard InChI is InChI=1S/C22H29NO4/c1-6-16-14-11-9-10-12-15(14)18-17(20(24)26-7-2)13(4)23-22(16,5)19(18)21(25)27-8-3/h9-12,16,18-19,23H,6-8H2,1-5H3. The molecule has 3 rings (SSSR count). The number of esters is 2. The van der Waals surface area contributed by atoms with E-state index in [0.29, 0.717) is 18.8 Å². The summed E-state index contributed by atoms with van der Waals surface area (Å²) in [5, 5.41) is 3.52. The van der Waals surface area contributed by atoms with Crippen molar-refractivity contribution in [2.75, 3.05) is 13.2 Å². The molecule has 4 atom stereocenters. The van der Waals surface area contributed by atoms with Crippen molar-refractivity contribution >= 4 is 11.9 Å². The van der Waals surface area contributed by atoms with Gasteiger partial charge < -0.3 is 14.8 Å². The molecule has 5 nitrogen and oxygen atoms in total. The molecule has 0 saturated heterocycles. The highest BCUT2D eigenvalue weighted by Gasteiger charge is 2.59. The molecule has 0 radical (unpaired) electrons. The normalized spacial score (nSPS) is 28.9. The molecule has 1 aliphatic carbocycles. The van der Waals surface area contributed by atoms with E-state index >= 15 is 0 Å². The summed E-state index contributed by atoms with van der Waals surface area (Å²) in [7, 11) is 0. The van der Waals surface area contributed by atoms with Gasteiger partial charge in [0.25, 0.3) is 0 Å². The van der Waals surface area contributed by atoms with Gasteiger partial charge in [-0.1, -0.05) is 31.2 Å². The average molecular weight is 371 g/mol. The fraction of sp³-hybridized carbons (Fsp3) is 0.545. The first-order chi connectivity index (χ1) is 12.9. The number of benzene rings is 1. The van der Waals surface area contributed by atoms with Crippen LogP contribution in [0.3, 0.4) is 0 Å². The molecular weight excluding hydrogens is 342 g/mol. The molecule has 0 aromatic heterocycles. The summed E-state index contributed by atoms with van der Waals surface area (Å²) in [6.45, 7) is 10.3. The number of allylic oxidation sites excluding steroid dienone is 1. The van der Waals surface area contributed by atoms with Gasteiger partial charge in [0.1, 0.15) is 0 Å². The van der Waals surface area contributed by atoms with E-state index in [1.54, 1.807) is 6.92 Å². The van der Waals surface area contributed by atoms with E-state index in [2.05, 4.69) is 25.2 Å². The molecule has 4 unspecified atom stereocenters. The molecule has 0 spiro atoms. The molecule has 1 N–H and O–H groups in total. The maximum Gasteiger partial charge on any atom is 0.336 e. The van der Waals surface area contributed by atoms with Crippen LogP contribution >= 0.6 is 0 Å². The monoisotopic (exact) mass is 371 g/mol. The third-order valence-corrected chi connectivity index (χ3v) is 6.03. The molecule has 1 aliphatic heterocycles. The summed E-state index contributed by atoms with van der Waals surface area (Å²) < 4.78 is 10.8. The first-order valence-corrected chi connectivity index (χ1v) is 9.82. The van der Waals surface area contributed by atoms with Crippen molar-refractivity contribution < 1.29 is 19.1 Å². The van der Waals surface area contributed by atoms with Crippen LogP contribution in [0.5, 0.6) is 0 Å². The summed E-state index contributed by atoms with van der Waals surface area (Å²) in [5.41, 5.74) is 3.02. The lowest BCUT2D eigenvalue weighted by atomic mass is 9.55. The van der Waals surface area contributed by atoms with E-state index in [1.165, 1.54) is 5.56 Å². The van der Waals surface area contributed by atoms with Gasteiger partial charge in [0, 0.05) is 17.5 Å². The Hall–Kier alpha value is -2.30. The van der Waals surface area contributed by atoms with Crippen LogP contribution in [-0.4, -0.2) is 30.7 Å². The average Bonchev–Trinajstić information content (AvgIpc) is 2.61. The van der Waals surface area contributed by atoms with Crippen molar-refractivity contribution in [3.05, 3.63) is 46.7 Å². The van der Waals surface area contributed by atoms with Crippen LogP contribution in [0.1, 0.15) is 64.0 Å². The van der Waals surface area contributed by atoms with Crippen molar-refractivity contribution in [3.63, 3.8) is 0 Å². The molecule has 1 heterocycles. The van der Waals surface area contributed by atoms with Gasteiger partial charge in [0.2, 0.25) is 0 Å². The Bertz CT molecular complexity index is 784. The van der Waals surface area contributed by atoms with Crippen LogP contribution in [0, 0.1) is 5.92 Å². The Balaban J connectivity index is 2.27. The van der Waals surface area contributed by atoms with Gasteiger partial charge in [0.05, 0.1) is 30.2 Å². The summed E-state index contributed by atoms with van der Waals surface area (Å²) in [6, 6.07) is 8.13. The minimum atomic E-state index is -0.528. The van der Waals surface area contributed by atoms with E-state index < -0.39 is 11.5 Å². The van der Waals surface area contributed by atoms with E-state index in [1.807, 2.05) is 32.0 Å². The van der Waals surface area contributed by atoms with E-state index in [4.69, 9.17) is 9.47 Å². The lowest BCUT2D eigenvalue weighted by molar-refractivity contribution is -0.153. The number of ether oxygens (including phenoxy) is 2. The summed E-state index contributed by atoms with van der Waals surface area (Å²) >= 11 is 0. The maximum atomic E-state index is 13.1. The maximum absolute atomic E-state index is 13.1. The highest BCUT2D eigenvalue weighted by Crippen LogP contribution is 2.56. The molecule has 146 valence electrons. The lowest BCUT2D eigenvalue weighted by Gasteiger charge is -2.54. The van der Waals surface area contributed by atoms with Crippen molar-refractivity contribution in [2.24, 2.45) is 5.92 Å². The second-order valence-corrected chi connectivity index (χ2v) is 7.46. The number of fused-ring (bicyclic) bond motifs is 4. The van der Waals surface area contributed by atoms with Gasteiger partial charge in [-0.3, -0.25) is 4.79 Å². The van der Waals surface area contributed by atoms with Gasteiger partial charge in [-0.15, -0.1) is 0 Å². The molecular formula is C22H29NO4. The second kappa shape index (κ2) is 7.37. The number of rotatable bonds is 5. The Morgan fingerprint density at radius 3 is 2.30 bits per heavy atom. The van der Waals surface area contributed by atoms with Crippen molar-refractivity contribution in [1.82, 2.24) is 5.32 Å². The molecule has 0 amide bonds. The Kier molecular flexibility index (Phi) is 5.31. The molecule has 1 aromatic carbocycles. The number of nitrogens with one attached hydrogen (secondary N) is 1. The van der Waals surface area contributed by atoms with Crippen molar-refractivity contribution in [3.8, 4) is 0 Å². The van der Waals surface area contributed by atoms with Gasteiger partial charge in [-0.05, 0) is 45.2 Å². The molecule has 1 aromatic rings. The molecule has 5 heteroatoms. The van der Waals surface area contributed by atoms with Crippen molar-refractivity contribution in [1.29, 1.82) is 0 Å². The van der Waals surface area contributed by atoms with E-state index in [9.17, 15) is 9.59 Å². The molecule has 27 heavy (non-hydrogen) atoms. The number of hydrogen-bond acceptors (Lipinski definition) is 5. The lowest BCUT2D eigenvalue weighted by Crippen LogP contribution is -2.63. The summed E-state index contributed by atoms with van der Waals surface area (Å²) in [4.78, 5) is 25.9. The van der Waals surface area contributed by atoms with Gasteiger partial charge in [-0.25, -0.2) is 4.79 Å². The molecule has 2 bridgehead atoms. The fourth-order valence-electron chi connectivity index (χ4n) is 5.11. The third kappa shape index (κ3) is 2.93.